The van der Waals surface area contributed by atoms with E-state index in [0.717, 1.165) is 16.5 Å². The lowest BCUT2D eigenvalue weighted by Crippen LogP contribution is -2.30. The van der Waals surface area contributed by atoms with Gasteiger partial charge in [0.05, 0.1) is 4.90 Å². The lowest BCUT2D eigenvalue weighted by molar-refractivity contribution is -0.121. The van der Waals surface area contributed by atoms with Crippen LogP contribution in [0.5, 0.6) is 0 Å². The summed E-state index contributed by atoms with van der Waals surface area (Å²) in [6, 6.07) is 16.4. The maximum absolute atomic E-state index is 13.1. The highest BCUT2D eigenvalue weighted by molar-refractivity contribution is 7.89. The van der Waals surface area contributed by atoms with E-state index in [0.29, 0.717) is 31.7 Å². The molecule has 0 aliphatic carbocycles. The molecule has 0 bridgehead atoms. The fourth-order valence-electron chi connectivity index (χ4n) is 3.63. The Morgan fingerprint density at radius 2 is 2.00 bits per heavy atom. The van der Waals surface area contributed by atoms with Crippen molar-refractivity contribution in [1.29, 1.82) is 0 Å². The summed E-state index contributed by atoms with van der Waals surface area (Å²) in [7, 11) is -2.02. The number of carbonyl (C=O) groups is 1. The molecule has 2 heterocycles. The fraction of sp³-hybridized carbons (Fsp3) is 0.286. The van der Waals surface area contributed by atoms with Gasteiger partial charge in [-0.3, -0.25) is 4.79 Å². The van der Waals surface area contributed by atoms with Crippen molar-refractivity contribution < 1.29 is 17.6 Å². The summed E-state index contributed by atoms with van der Waals surface area (Å²) in [5.41, 5.74) is 1.49. The van der Waals surface area contributed by atoms with Crippen LogP contribution in [0.4, 0.5) is 0 Å². The molecule has 4 rings (SSSR count). The number of para-hydroxylation sites is 1. The van der Waals surface area contributed by atoms with E-state index < -0.39 is 10.0 Å². The second kappa shape index (κ2) is 7.41. The number of benzene rings is 2. The minimum atomic E-state index is -3.61. The molecule has 1 atom stereocenters. The van der Waals surface area contributed by atoms with Gasteiger partial charge in [0.1, 0.15) is 11.3 Å². The van der Waals surface area contributed by atoms with Gasteiger partial charge in [-0.05, 0) is 36.6 Å². The van der Waals surface area contributed by atoms with E-state index in [4.69, 9.17) is 4.42 Å². The van der Waals surface area contributed by atoms with Gasteiger partial charge in [-0.25, -0.2) is 8.42 Å². The molecule has 0 saturated carbocycles. The van der Waals surface area contributed by atoms with Gasteiger partial charge >= 0.3 is 0 Å². The van der Waals surface area contributed by atoms with Crippen LogP contribution in [0, 0.1) is 5.92 Å². The number of hydrogen-bond acceptors (Lipinski definition) is 4. The highest BCUT2D eigenvalue weighted by Gasteiger charge is 2.33. The summed E-state index contributed by atoms with van der Waals surface area (Å²) in [5.74, 6) is 0.626. The predicted octanol–water partition coefficient (Wildman–Crippen LogP) is 3.25. The Kier molecular flexibility index (Phi) is 4.95. The Labute approximate surface area is 164 Å². The molecule has 1 aliphatic heterocycles. The molecule has 0 spiro atoms. The molecule has 1 aliphatic rings. The highest BCUT2D eigenvalue weighted by Crippen LogP contribution is 2.31. The zero-order valence-electron chi connectivity index (χ0n) is 15.6. The maximum atomic E-state index is 13.1. The lowest BCUT2D eigenvalue weighted by atomic mass is 10.1. The standard InChI is InChI=1S/C21H22N2O4S/c1-22-21(24)11-15-9-10-23(14-15)28(25,26)18-7-4-6-16(12-18)20-13-17-5-2-3-8-19(17)27-20/h2-8,12-13,15H,9-11,14H2,1H3,(H,22,24). The minimum absolute atomic E-state index is 0.0493. The van der Waals surface area contributed by atoms with Crippen LogP contribution >= 0.6 is 0 Å². The number of rotatable bonds is 5. The second-order valence-corrected chi connectivity index (χ2v) is 9.01. The van der Waals surface area contributed by atoms with Crippen molar-refractivity contribution in [2.45, 2.75) is 17.7 Å². The van der Waals surface area contributed by atoms with Crippen LogP contribution in [-0.2, 0) is 14.8 Å². The first-order valence-electron chi connectivity index (χ1n) is 9.27. The molecule has 1 aromatic heterocycles. The largest absolute Gasteiger partial charge is 0.456 e. The summed E-state index contributed by atoms with van der Waals surface area (Å²) in [5, 5.41) is 3.57. The number of carbonyl (C=O) groups excluding carboxylic acids is 1. The number of fused-ring (bicyclic) bond motifs is 1. The maximum Gasteiger partial charge on any atom is 0.243 e. The van der Waals surface area contributed by atoms with Crippen molar-refractivity contribution in [3.63, 3.8) is 0 Å². The summed E-state index contributed by atoms with van der Waals surface area (Å²) in [4.78, 5) is 11.8. The van der Waals surface area contributed by atoms with Crippen LogP contribution < -0.4 is 5.32 Å². The number of furan rings is 1. The Morgan fingerprint density at radius 1 is 1.18 bits per heavy atom. The smallest absolute Gasteiger partial charge is 0.243 e. The third-order valence-electron chi connectivity index (χ3n) is 5.18. The van der Waals surface area contributed by atoms with Crippen molar-refractivity contribution in [1.82, 2.24) is 9.62 Å². The van der Waals surface area contributed by atoms with Crippen molar-refractivity contribution in [3.05, 3.63) is 54.6 Å². The van der Waals surface area contributed by atoms with Gasteiger partial charge in [0.25, 0.3) is 0 Å². The lowest BCUT2D eigenvalue weighted by Gasteiger charge is -2.17. The SMILES string of the molecule is CNC(=O)CC1CCN(S(=O)(=O)c2cccc(-c3cc4ccccc4o3)c2)C1. The Bertz CT molecular complexity index is 1090. The van der Waals surface area contributed by atoms with Gasteiger partial charge in [-0.15, -0.1) is 0 Å². The molecule has 1 saturated heterocycles. The molecular formula is C21H22N2O4S. The zero-order valence-corrected chi connectivity index (χ0v) is 16.4. The first-order valence-corrected chi connectivity index (χ1v) is 10.7. The average Bonchev–Trinajstić information content (AvgIpc) is 3.35. The van der Waals surface area contributed by atoms with Crippen LogP contribution in [0.15, 0.2) is 63.9 Å². The average molecular weight is 398 g/mol. The van der Waals surface area contributed by atoms with Gasteiger partial charge < -0.3 is 9.73 Å². The Morgan fingerprint density at radius 3 is 2.79 bits per heavy atom. The van der Waals surface area contributed by atoms with Crippen LogP contribution in [-0.4, -0.2) is 38.8 Å². The molecular weight excluding hydrogens is 376 g/mol. The van der Waals surface area contributed by atoms with Crippen LogP contribution in [0.3, 0.4) is 0 Å². The molecule has 0 radical (unpaired) electrons. The topological polar surface area (TPSA) is 79.6 Å². The molecule has 28 heavy (non-hydrogen) atoms. The Balaban J connectivity index is 1.59. The quantitative estimate of drug-likeness (QED) is 0.716. The van der Waals surface area contributed by atoms with Crippen molar-refractivity contribution in [2.24, 2.45) is 5.92 Å². The monoisotopic (exact) mass is 398 g/mol. The molecule has 6 nitrogen and oxygen atoms in total. The van der Waals surface area contributed by atoms with Gasteiger partial charge in [-0.2, -0.15) is 4.31 Å². The normalized spacial score (nSPS) is 17.8. The van der Waals surface area contributed by atoms with E-state index in [9.17, 15) is 13.2 Å². The molecule has 1 fully saturated rings. The molecule has 1 N–H and O–H groups in total. The number of hydrogen-bond donors (Lipinski definition) is 1. The fourth-order valence-corrected chi connectivity index (χ4v) is 5.21. The highest BCUT2D eigenvalue weighted by atomic mass is 32.2. The van der Waals surface area contributed by atoms with E-state index in [2.05, 4.69) is 5.32 Å². The molecule has 3 aromatic rings. The van der Waals surface area contributed by atoms with Gasteiger partial charge in [0.15, 0.2) is 0 Å². The first-order chi connectivity index (χ1) is 13.5. The second-order valence-electron chi connectivity index (χ2n) is 7.07. The number of sulfonamides is 1. The van der Waals surface area contributed by atoms with Crippen LogP contribution in [0.2, 0.25) is 0 Å². The van der Waals surface area contributed by atoms with Crippen LogP contribution in [0.25, 0.3) is 22.3 Å². The summed E-state index contributed by atoms with van der Waals surface area (Å²) in [6.45, 7) is 0.795. The van der Waals surface area contributed by atoms with Crippen LogP contribution in [0.1, 0.15) is 12.8 Å². The molecule has 1 unspecified atom stereocenters. The van der Waals surface area contributed by atoms with Crippen molar-refractivity contribution >= 4 is 26.9 Å². The third kappa shape index (κ3) is 3.55. The van der Waals surface area contributed by atoms with E-state index >= 15 is 0 Å². The molecule has 146 valence electrons. The molecule has 1 amide bonds. The number of nitrogens with one attached hydrogen (secondary N) is 1. The summed E-state index contributed by atoms with van der Waals surface area (Å²) < 4.78 is 33.5. The third-order valence-corrected chi connectivity index (χ3v) is 7.04. The van der Waals surface area contributed by atoms with E-state index in [-0.39, 0.29) is 16.7 Å². The zero-order chi connectivity index (χ0) is 19.7. The van der Waals surface area contributed by atoms with Crippen molar-refractivity contribution in [2.75, 3.05) is 20.1 Å². The Hall–Kier alpha value is -2.64. The first kappa shape index (κ1) is 18.7. The van der Waals surface area contributed by atoms with Gasteiger partial charge in [0.2, 0.25) is 15.9 Å². The van der Waals surface area contributed by atoms with Gasteiger partial charge in [0, 0.05) is 37.5 Å². The van der Waals surface area contributed by atoms with E-state index in [1.807, 2.05) is 36.4 Å². The summed E-state index contributed by atoms with van der Waals surface area (Å²) in [6.07, 6.45) is 1.04. The number of amides is 1. The van der Waals surface area contributed by atoms with E-state index in [1.54, 1.807) is 25.2 Å². The predicted molar refractivity (Wildman–Crippen MR) is 107 cm³/mol. The molecule has 7 heteroatoms. The minimum Gasteiger partial charge on any atom is -0.456 e. The van der Waals surface area contributed by atoms with Gasteiger partial charge in [-0.1, -0.05) is 30.3 Å². The summed E-state index contributed by atoms with van der Waals surface area (Å²) >= 11 is 0. The van der Waals surface area contributed by atoms with E-state index in [1.165, 1.54) is 4.31 Å². The van der Waals surface area contributed by atoms with Crippen molar-refractivity contribution in [3.8, 4) is 11.3 Å². The number of nitrogens with zero attached hydrogens (tertiary/aromatic N) is 1. The molecule has 2 aromatic carbocycles.